The lowest BCUT2D eigenvalue weighted by molar-refractivity contribution is 0.0648. The Balaban J connectivity index is 2.07. The molecule has 5 nitrogen and oxygen atoms in total. The van der Waals surface area contributed by atoms with Crippen LogP contribution in [0.15, 0.2) is 24.3 Å². The molecule has 0 aromatic heterocycles. The summed E-state index contributed by atoms with van der Waals surface area (Å²) >= 11 is 0. The fourth-order valence-corrected chi connectivity index (χ4v) is 2.96. The van der Waals surface area contributed by atoms with Crippen LogP contribution in [-0.4, -0.2) is 29.4 Å². The number of rotatable bonds is 4. The maximum absolute atomic E-state index is 12.6. The molecule has 1 fully saturated rings. The Bertz CT molecular complexity index is 493. The summed E-state index contributed by atoms with van der Waals surface area (Å²) in [5.41, 5.74) is 6.31. The largest absolute Gasteiger partial charge is 0.351 e. The number of amides is 3. The van der Waals surface area contributed by atoms with E-state index in [1.807, 2.05) is 11.8 Å². The Kier molecular flexibility index (Phi) is 5.20. The van der Waals surface area contributed by atoms with Crippen LogP contribution in [0.3, 0.4) is 0 Å². The Labute approximate surface area is 125 Å². The molecule has 1 aliphatic rings. The van der Waals surface area contributed by atoms with E-state index in [1.165, 1.54) is 19.3 Å². The van der Waals surface area contributed by atoms with Gasteiger partial charge in [-0.2, -0.15) is 0 Å². The van der Waals surface area contributed by atoms with Crippen molar-refractivity contribution in [3.8, 4) is 0 Å². The molecule has 114 valence electrons. The third kappa shape index (κ3) is 3.97. The molecule has 1 aromatic rings. The van der Waals surface area contributed by atoms with Crippen LogP contribution >= 0.6 is 0 Å². The SMILES string of the molecule is CCN(C(=O)c1ccc(NC(N)=O)cc1)C1CCCCC1. The molecule has 2 rings (SSSR count). The number of nitrogens with zero attached hydrogens (tertiary/aromatic N) is 1. The molecule has 0 bridgehead atoms. The number of urea groups is 1. The summed E-state index contributed by atoms with van der Waals surface area (Å²) in [5.74, 6) is 0.0648. The zero-order valence-corrected chi connectivity index (χ0v) is 12.5. The second kappa shape index (κ2) is 7.11. The van der Waals surface area contributed by atoms with Crippen molar-refractivity contribution in [2.24, 2.45) is 5.73 Å². The predicted octanol–water partition coefficient (Wildman–Crippen LogP) is 2.97. The van der Waals surface area contributed by atoms with Gasteiger partial charge in [-0.25, -0.2) is 4.79 Å². The highest BCUT2D eigenvalue weighted by Crippen LogP contribution is 2.24. The van der Waals surface area contributed by atoms with E-state index in [0.717, 1.165) is 19.4 Å². The first-order valence-corrected chi connectivity index (χ1v) is 7.59. The van der Waals surface area contributed by atoms with Crippen LogP contribution in [0, 0.1) is 0 Å². The van der Waals surface area contributed by atoms with Gasteiger partial charge < -0.3 is 16.0 Å². The second-order valence-electron chi connectivity index (χ2n) is 5.45. The average molecular weight is 289 g/mol. The molecule has 0 radical (unpaired) electrons. The van der Waals surface area contributed by atoms with E-state index >= 15 is 0 Å². The number of hydrogen-bond donors (Lipinski definition) is 2. The Morgan fingerprint density at radius 3 is 2.33 bits per heavy atom. The van der Waals surface area contributed by atoms with Crippen LogP contribution in [-0.2, 0) is 0 Å². The van der Waals surface area contributed by atoms with Crippen LogP contribution < -0.4 is 11.1 Å². The molecule has 3 amide bonds. The molecule has 0 atom stereocenters. The summed E-state index contributed by atoms with van der Waals surface area (Å²) in [7, 11) is 0. The first kappa shape index (κ1) is 15.4. The molecule has 0 spiro atoms. The molecule has 0 aliphatic heterocycles. The molecular formula is C16H23N3O2. The minimum atomic E-state index is -0.605. The van der Waals surface area contributed by atoms with Crippen LogP contribution in [0.4, 0.5) is 10.5 Å². The van der Waals surface area contributed by atoms with Crippen molar-refractivity contribution < 1.29 is 9.59 Å². The number of nitrogens with one attached hydrogen (secondary N) is 1. The Morgan fingerprint density at radius 1 is 1.19 bits per heavy atom. The normalized spacial score (nSPS) is 15.5. The zero-order valence-electron chi connectivity index (χ0n) is 12.5. The quantitative estimate of drug-likeness (QED) is 0.894. The van der Waals surface area contributed by atoms with Crippen molar-refractivity contribution >= 4 is 17.6 Å². The third-order valence-corrected chi connectivity index (χ3v) is 4.02. The molecule has 0 saturated heterocycles. The summed E-state index contributed by atoms with van der Waals surface area (Å²) in [6, 6.07) is 6.63. The lowest BCUT2D eigenvalue weighted by Gasteiger charge is -2.33. The molecule has 1 aliphatic carbocycles. The predicted molar refractivity (Wildman–Crippen MR) is 83.2 cm³/mol. The van der Waals surface area contributed by atoms with Gasteiger partial charge >= 0.3 is 6.03 Å². The van der Waals surface area contributed by atoms with E-state index in [1.54, 1.807) is 24.3 Å². The fraction of sp³-hybridized carbons (Fsp3) is 0.500. The Morgan fingerprint density at radius 2 is 1.81 bits per heavy atom. The van der Waals surface area contributed by atoms with Gasteiger partial charge in [0.25, 0.3) is 5.91 Å². The number of anilines is 1. The molecular weight excluding hydrogens is 266 g/mol. The van der Waals surface area contributed by atoms with E-state index in [4.69, 9.17) is 5.73 Å². The zero-order chi connectivity index (χ0) is 15.2. The fourth-order valence-electron chi connectivity index (χ4n) is 2.96. The highest BCUT2D eigenvalue weighted by molar-refractivity contribution is 5.95. The minimum absolute atomic E-state index is 0.0648. The van der Waals surface area contributed by atoms with Crippen LogP contribution in [0.25, 0.3) is 0 Å². The second-order valence-corrected chi connectivity index (χ2v) is 5.45. The third-order valence-electron chi connectivity index (χ3n) is 4.02. The van der Waals surface area contributed by atoms with Gasteiger partial charge in [-0.3, -0.25) is 4.79 Å². The number of carbonyl (C=O) groups excluding carboxylic acids is 2. The van der Waals surface area contributed by atoms with Crippen LogP contribution in [0.5, 0.6) is 0 Å². The summed E-state index contributed by atoms with van der Waals surface area (Å²) in [6.45, 7) is 2.75. The lowest BCUT2D eigenvalue weighted by atomic mass is 9.93. The molecule has 0 unspecified atom stereocenters. The van der Waals surface area contributed by atoms with Crippen molar-refractivity contribution in [2.45, 2.75) is 45.1 Å². The molecule has 0 heterocycles. The van der Waals surface area contributed by atoms with E-state index in [-0.39, 0.29) is 5.91 Å². The van der Waals surface area contributed by atoms with Crippen LogP contribution in [0.2, 0.25) is 0 Å². The van der Waals surface area contributed by atoms with Crippen molar-refractivity contribution in [1.82, 2.24) is 4.90 Å². The van der Waals surface area contributed by atoms with Gasteiger partial charge in [0, 0.05) is 23.8 Å². The van der Waals surface area contributed by atoms with Crippen molar-refractivity contribution in [2.75, 3.05) is 11.9 Å². The van der Waals surface area contributed by atoms with E-state index in [0.29, 0.717) is 17.3 Å². The molecule has 3 N–H and O–H groups in total. The lowest BCUT2D eigenvalue weighted by Crippen LogP contribution is -2.41. The summed E-state index contributed by atoms with van der Waals surface area (Å²) in [5, 5.41) is 2.49. The van der Waals surface area contributed by atoms with Gasteiger partial charge in [0.2, 0.25) is 0 Å². The summed E-state index contributed by atoms with van der Waals surface area (Å²) in [6.07, 6.45) is 5.88. The van der Waals surface area contributed by atoms with Gasteiger partial charge in [0.05, 0.1) is 0 Å². The molecule has 21 heavy (non-hydrogen) atoms. The topological polar surface area (TPSA) is 75.4 Å². The minimum Gasteiger partial charge on any atom is -0.351 e. The number of carbonyl (C=O) groups is 2. The van der Waals surface area contributed by atoms with Gasteiger partial charge in [-0.1, -0.05) is 19.3 Å². The first-order valence-electron chi connectivity index (χ1n) is 7.59. The number of primary amides is 1. The molecule has 5 heteroatoms. The number of benzene rings is 1. The van der Waals surface area contributed by atoms with Gasteiger partial charge in [-0.15, -0.1) is 0 Å². The summed E-state index contributed by atoms with van der Waals surface area (Å²) < 4.78 is 0. The first-order chi connectivity index (χ1) is 10.1. The maximum Gasteiger partial charge on any atom is 0.316 e. The highest BCUT2D eigenvalue weighted by Gasteiger charge is 2.24. The van der Waals surface area contributed by atoms with Gasteiger partial charge in [0.1, 0.15) is 0 Å². The molecule has 1 aromatic carbocycles. The Hall–Kier alpha value is -2.04. The maximum atomic E-state index is 12.6. The standard InChI is InChI=1S/C16H23N3O2/c1-2-19(14-6-4-3-5-7-14)15(20)12-8-10-13(11-9-12)18-16(17)21/h8-11,14H,2-7H2,1H3,(H3,17,18,21). The smallest absolute Gasteiger partial charge is 0.316 e. The van der Waals surface area contributed by atoms with E-state index < -0.39 is 6.03 Å². The van der Waals surface area contributed by atoms with Gasteiger partial charge in [-0.05, 0) is 44.0 Å². The highest BCUT2D eigenvalue weighted by atomic mass is 16.2. The van der Waals surface area contributed by atoms with Gasteiger partial charge in [0.15, 0.2) is 0 Å². The average Bonchev–Trinajstić information content (AvgIpc) is 2.49. The van der Waals surface area contributed by atoms with Crippen LogP contribution in [0.1, 0.15) is 49.4 Å². The summed E-state index contributed by atoms with van der Waals surface area (Å²) in [4.78, 5) is 25.4. The van der Waals surface area contributed by atoms with E-state index in [9.17, 15) is 9.59 Å². The number of hydrogen-bond acceptors (Lipinski definition) is 2. The van der Waals surface area contributed by atoms with Crippen molar-refractivity contribution in [3.63, 3.8) is 0 Å². The van der Waals surface area contributed by atoms with Crippen molar-refractivity contribution in [1.29, 1.82) is 0 Å². The van der Waals surface area contributed by atoms with E-state index in [2.05, 4.69) is 5.32 Å². The van der Waals surface area contributed by atoms with Crippen molar-refractivity contribution in [3.05, 3.63) is 29.8 Å². The monoisotopic (exact) mass is 289 g/mol. The molecule has 1 saturated carbocycles. The number of nitrogens with two attached hydrogens (primary N) is 1.